The molecule has 6 nitrogen and oxygen atoms in total. The molecule has 0 aliphatic carbocycles. The summed E-state index contributed by atoms with van der Waals surface area (Å²) >= 11 is 0. The molecule has 0 saturated heterocycles. The standard InChI is InChI=1S/C14H24N4O2.HI/c1-5-11(2)17-14(16-10-13(19)18(3)4)15-9-12-7-6-8-20-12;/h6-8,11H,5,9-10H2,1-4H3,(H2,15,16,17);1H. The molecule has 2 N–H and O–H groups in total. The molecular formula is C14H25IN4O2. The van der Waals surface area contributed by atoms with E-state index in [0.717, 1.165) is 12.2 Å². The fraction of sp³-hybridized carbons (Fsp3) is 0.571. The van der Waals surface area contributed by atoms with Gasteiger partial charge < -0.3 is 20.0 Å². The van der Waals surface area contributed by atoms with Crippen molar-refractivity contribution in [3.8, 4) is 0 Å². The molecule has 0 aromatic carbocycles. The number of rotatable bonds is 6. The molecule has 1 unspecified atom stereocenters. The Balaban J connectivity index is 0.00000400. The average molecular weight is 408 g/mol. The Hall–Kier alpha value is -1.25. The quantitative estimate of drug-likeness (QED) is 0.428. The zero-order valence-corrected chi connectivity index (χ0v) is 15.4. The van der Waals surface area contributed by atoms with Gasteiger partial charge in [-0.3, -0.25) is 4.79 Å². The fourth-order valence-corrected chi connectivity index (χ4v) is 1.36. The number of nitrogens with zero attached hydrogens (tertiary/aromatic N) is 2. The highest BCUT2D eigenvalue weighted by Gasteiger charge is 2.07. The van der Waals surface area contributed by atoms with E-state index in [2.05, 4.69) is 29.5 Å². The number of carbonyl (C=O) groups is 1. The number of furan rings is 1. The van der Waals surface area contributed by atoms with Crippen LogP contribution in [0, 0.1) is 0 Å². The highest BCUT2D eigenvalue weighted by atomic mass is 127. The Morgan fingerprint density at radius 3 is 2.71 bits per heavy atom. The van der Waals surface area contributed by atoms with Gasteiger partial charge in [0.15, 0.2) is 5.96 Å². The van der Waals surface area contributed by atoms with Crippen LogP contribution in [0.5, 0.6) is 0 Å². The van der Waals surface area contributed by atoms with Crippen molar-refractivity contribution in [3.63, 3.8) is 0 Å². The third-order valence-electron chi connectivity index (χ3n) is 2.88. The molecule has 0 radical (unpaired) electrons. The SMILES string of the molecule is CCC(C)NC(=NCC(=O)N(C)C)NCc1ccco1.I. The van der Waals surface area contributed by atoms with E-state index in [1.807, 2.05) is 12.1 Å². The van der Waals surface area contributed by atoms with Gasteiger partial charge in [-0.05, 0) is 25.5 Å². The third kappa shape index (κ3) is 7.93. The molecule has 1 heterocycles. The van der Waals surface area contributed by atoms with Crippen molar-refractivity contribution in [3.05, 3.63) is 24.2 Å². The molecule has 21 heavy (non-hydrogen) atoms. The van der Waals surface area contributed by atoms with Gasteiger partial charge in [-0.1, -0.05) is 6.92 Å². The van der Waals surface area contributed by atoms with Gasteiger partial charge in [0.05, 0.1) is 12.8 Å². The van der Waals surface area contributed by atoms with E-state index in [1.165, 1.54) is 4.90 Å². The Morgan fingerprint density at radius 1 is 1.48 bits per heavy atom. The lowest BCUT2D eigenvalue weighted by Crippen LogP contribution is -2.42. The number of hydrogen-bond acceptors (Lipinski definition) is 3. The Morgan fingerprint density at radius 2 is 2.19 bits per heavy atom. The summed E-state index contributed by atoms with van der Waals surface area (Å²) in [5.41, 5.74) is 0. The largest absolute Gasteiger partial charge is 0.467 e. The minimum absolute atomic E-state index is 0. The lowest BCUT2D eigenvalue weighted by molar-refractivity contribution is -0.127. The Labute approximate surface area is 143 Å². The monoisotopic (exact) mass is 408 g/mol. The van der Waals surface area contributed by atoms with Crippen LogP contribution in [0.1, 0.15) is 26.0 Å². The van der Waals surface area contributed by atoms with E-state index in [-0.39, 0.29) is 42.5 Å². The number of hydrogen-bond donors (Lipinski definition) is 2. The van der Waals surface area contributed by atoms with Crippen molar-refractivity contribution < 1.29 is 9.21 Å². The lowest BCUT2D eigenvalue weighted by Gasteiger charge is -2.17. The molecule has 120 valence electrons. The first-order valence-corrected chi connectivity index (χ1v) is 6.80. The van der Waals surface area contributed by atoms with Gasteiger partial charge in [0, 0.05) is 20.1 Å². The summed E-state index contributed by atoms with van der Waals surface area (Å²) in [4.78, 5) is 17.4. The van der Waals surface area contributed by atoms with Crippen molar-refractivity contribution in [1.29, 1.82) is 0 Å². The first-order chi connectivity index (χ1) is 9.52. The topological polar surface area (TPSA) is 69.9 Å². The maximum absolute atomic E-state index is 11.6. The van der Waals surface area contributed by atoms with Gasteiger partial charge in [-0.2, -0.15) is 0 Å². The highest BCUT2D eigenvalue weighted by molar-refractivity contribution is 14.0. The minimum atomic E-state index is -0.0340. The normalized spacial score (nSPS) is 12.3. The number of halogens is 1. The number of carbonyl (C=O) groups excluding carboxylic acids is 1. The predicted octanol–water partition coefficient (Wildman–Crippen LogP) is 1.82. The molecule has 0 aliphatic rings. The number of amides is 1. The second kappa shape index (κ2) is 10.5. The summed E-state index contributed by atoms with van der Waals surface area (Å²) in [6.45, 7) is 4.81. The van der Waals surface area contributed by atoms with Gasteiger partial charge >= 0.3 is 0 Å². The van der Waals surface area contributed by atoms with E-state index >= 15 is 0 Å². The summed E-state index contributed by atoms with van der Waals surface area (Å²) in [6.07, 6.45) is 2.61. The average Bonchev–Trinajstić information content (AvgIpc) is 2.94. The molecule has 1 atom stereocenters. The predicted molar refractivity (Wildman–Crippen MR) is 94.8 cm³/mol. The molecular weight excluding hydrogens is 383 g/mol. The van der Waals surface area contributed by atoms with Crippen molar-refractivity contribution in [1.82, 2.24) is 15.5 Å². The number of guanidine groups is 1. The number of aliphatic imine (C=N–C) groups is 1. The van der Waals surface area contributed by atoms with Crippen molar-refractivity contribution in [2.75, 3.05) is 20.6 Å². The molecule has 0 spiro atoms. The summed E-state index contributed by atoms with van der Waals surface area (Å²) in [5, 5.41) is 6.41. The van der Waals surface area contributed by atoms with E-state index in [0.29, 0.717) is 12.5 Å². The Kier molecular flexibility index (Phi) is 9.85. The van der Waals surface area contributed by atoms with Gasteiger partial charge in [0.1, 0.15) is 12.3 Å². The molecule has 1 aromatic rings. The molecule has 0 saturated carbocycles. The van der Waals surface area contributed by atoms with Crippen LogP contribution in [0.15, 0.2) is 27.8 Å². The first-order valence-electron chi connectivity index (χ1n) is 6.80. The van der Waals surface area contributed by atoms with Crippen molar-refractivity contribution in [2.45, 2.75) is 32.9 Å². The first kappa shape index (κ1) is 19.8. The molecule has 0 bridgehead atoms. The van der Waals surface area contributed by atoms with Crippen LogP contribution >= 0.6 is 24.0 Å². The summed E-state index contributed by atoms with van der Waals surface area (Å²) in [7, 11) is 3.44. The Bertz CT molecular complexity index is 432. The summed E-state index contributed by atoms with van der Waals surface area (Å²) < 4.78 is 5.26. The van der Waals surface area contributed by atoms with Crippen LogP contribution in [0.4, 0.5) is 0 Å². The number of likely N-dealkylation sites (N-methyl/N-ethyl adjacent to an activating group) is 1. The van der Waals surface area contributed by atoms with Crippen LogP contribution in [0.3, 0.4) is 0 Å². The second-order valence-corrected chi connectivity index (χ2v) is 4.84. The van der Waals surface area contributed by atoms with Crippen LogP contribution in [-0.4, -0.2) is 43.4 Å². The second-order valence-electron chi connectivity index (χ2n) is 4.84. The fourth-order valence-electron chi connectivity index (χ4n) is 1.36. The van der Waals surface area contributed by atoms with Gasteiger partial charge in [0.25, 0.3) is 0 Å². The molecule has 1 aromatic heterocycles. The van der Waals surface area contributed by atoms with Gasteiger partial charge in [0.2, 0.25) is 5.91 Å². The smallest absolute Gasteiger partial charge is 0.243 e. The van der Waals surface area contributed by atoms with E-state index < -0.39 is 0 Å². The zero-order valence-electron chi connectivity index (χ0n) is 13.0. The van der Waals surface area contributed by atoms with Gasteiger partial charge in [-0.25, -0.2) is 4.99 Å². The zero-order chi connectivity index (χ0) is 15.0. The minimum Gasteiger partial charge on any atom is -0.467 e. The van der Waals surface area contributed by atoms with Crippen LogP contribution < -0.4 is 10.6 Å². The van der Waals surface area contributed by atoms with Crippen LogP contribution in [0.25, 0.3) is 0 Å². The molecule has 0 aliphatic heterocycles. The van der Waals surface area contributed by atoms with E-state index in [1.54, 1.807) is 20.4 Å². The summed E-state index contributed by atoms with van der Waals surface area (Å²) in [5.74, 6) is 1.40. The number of nitrogens with one attached hydrogen (secondary N) is 2. The molecule has 1 rings (SSSR count). The van der Waals surface area contributed by atoms with Crippen LogP contribution in [0.2, 0.25) is 0 Å². The third-order valence-corrected chi connectivity index (χ3v) is 2.88. The van der Waals surface area contributed by atoms with E-state index in [9.17, 15) is 4.79 Å². The van der Waals surface area contributed by atoms with Gasteiger partial charge in [-0.15, -0.1) is 24.0 Å². The maximum Gasteiger partial charge on any atom is 0.243 e. The van der Waals surface area contributed by atoms with Crippen LogP contribution in [-0.2, 0) is 11.3 Å². The lowest BCUT2D eigenvalue weighted by atomic mass is 10.3. The molecule has 7 heteroatoms. The van der Waals surface area contributed by atoms with Crippen molar-refractivity contribution >= 4 is 35.8 Å². The molecule has 1 amide bonds. The molecule has 0 fully saturated rings. The van der Waals surface area contributed by atoms with Crippen molar-refractivity contribution in [2.24, 2.45) is 4.99 Å². The van der Waals surface area contributed by atoms with E-state index in [4.69, 9.17) is 4.42 Å². The maximum atomic E-state index is 11.6. The highest BCUT2D eigenvalue weighted by Crippen LogP contribution is 1.98. The summed E-state index contributed by atoms with van der Waals surface area (Å²) in [6, 6.07) is 4.01.